The molecule has 0 bridgehead atoms. The van der Waals surface area contributed by atoms with Gasteiger partial charge in [0.25, 0.3) is 0 Å². The highest BCUT2D eigenvalue weighted by Crippen LogP contribution is 2.44. The summed E-state index contributed by atoms with van der Waals surface area (Å²) in [6.07, 6.45) is 5.88. The summed E-state index contributed by atoms with van der Waals surface area (Å²) in [7, 11) is 0. The molecular weight excluding hydrogens is 228 g/mol. The van der Waals surface area contributed by atoms with Crippen LogP contribution >= 0.6 is 12.2 Å². The quantitative estimate of drug-likeness (QED) is 0.725. The SMILES string of the molecule is CC1(C)CCC(n2c(C(C)(C)C)c[nH]c2=S)C1. The Hall–Kier alpha value is -0.570. The predicted molar refractivity (Wildman–Crippen MR) is 75.0 cm³/mol. The Balaban J connectivity index is 2.40. The number of hydrogen-bond acceptors (Lipinski definition) is 1. The maximum Gasteiger partial charge on any atom is 0.177 e. The van der Waals surface area contributed by atoms with Crippen molar-refractivity contribution >= 4 is 12.2 Å². The average molecular weight is 252 g/mol. The lowest BCUT2D eigenvalue weighted by atomic mass is 9.90. The highest BCUT2D eigenvalue weighted by Gasteiger charge is 2.34. The van der Waals surface area contributed by atoms with Crippen LogP contribution in [0.1, 0.15) is 65.6 Å². The molecule has 0 aromatic carbocycles. The van der Waals surface area contributed by atoms with Gasteiger partial charge in [-0.2, -0.15) is 0 Å². The second-order valence-electron chi connectivity index (χ2n) is 7.16. The van der Waals surface area contributed by atoms with Gasteiger partial charge in [-0.1, -0.05) is 34.6 Å². The molecule has 1 aliphatic carbocycles. The first-order valence-corrected chi connectivity index (χ1v) is 6.92. The minimum atomic E-state index is 0.153. The Bertz CT molecular complexity index is 459. The van der Waals surface area contributed by atoms with Crippen molar-refractivity contribution < 1.29 is 0 Å². The Labute approximate surface area is 109 Å². The van der Waals surface area contributed by atoms with E-state index in [0.29, 0.717) is 11.5 Å². The van der Waals surface area contributed by atoms with Crippen molar-refractivity contribution in [3.05, 3.63) is 16.7 Å². The van der Waals surface area contributed by atoms with E-state index < -0.39 is 0 Å². The number of H-pyrrole nitrogens is 1. The summed E-state index contributed by atoms with van der Waals surface area (Å²) in [4.78, 5) is 3.23. The lowest BCUT2D eigenvalue weighted by Gasteiger charge is -2.25. The molecule has 1 aliphatic rings. The van der Waals surface area contributed by atoms with Gasteiger partial charge < -0.3 is 9.55 Å². The predicted octanol–water partition coefficient (Wildman–Crippen LogP) is 4.59. The standard InChI is InChI=1S/C14H24N2S/c1-13(2,3)11-9-15-12(17)16(11)10-6-7-14(4,5)8-10/h9-10H,6-8H2,1-5H3,(H,15,17). The van der Waals surface area contributed by atoms with Crippen LogP contribution in [0.5, 0.6) is 0 Å². The van der Waals surface area contributed by atoms with Gasteiger partial charge >= 0.3 is 0 Å². The maximum absolute atomic E-state index is 5.46. The van der Waals surface area contributed by atoms with Crippen molar-refractivity contribution in [1.82, 2.24) is 9.55 Å². The number of nitrogens with one attached hydrogen (secondary N) is 1. The zero-order valence-electron chi connectivity index (χ0n) is 11.6. The van der Waals surface area contributed by atoms with E-state index in [1.54, 1.807) is 0 Å². The van der Waals surface area contributed by atoms with E-state index in [-0.39, 0.29) is 5.41 Å². The number of rotatable bonds is 1. The summed E-state index contributed by atoms with van der Waals surface area (Å²) in [5.41, 5.74) is 1.96. The third-order valence-corrected chi connectivity index (χ3v) is 4.20. The van der Waals surface area contributed by atoms with Crippen LogP contribution in [0.3, 0.4) is 0 Å². The van der Waals surface area contributed by atoms with Gasteiger partial charge in [0.15, 0.2) is 4.77 Å². The fourth-order valence-corrected chi connectivity index (χ4v) is 3.25. The Morgan fingerprint density at radius 1 is 1.41 bits per heavy atom. The average Bonchev–Trinajstić information content (AvgIpc) is 2.67. The fraction of sp³-hybridized carbons (Fsp3) is 0.786. The lowest BCUT2D eigenvalue weighted by molar-refractivity contribution is 0.350. The van der Waals surface area contributed by atoms with Crippen LogP contribution < -0.4 is 0 Å². The van der Waals surface area contributed by atoms with Gasteiger partial charge in [0.2, 0.25) is 0 Å². The summed E-state index contributed by atoms with van der Waals surface area (Å²) in [5, 5.41) is 0. The van der Waals surface area contributed by atoms with Gasteiger partial charge in [0.1, 0.15) is 0 Å². The van der Waals surface area contributed by atoms with Gasteiger partial charge in [-0.05, 0) is 36.9 Å². The third kappa shape index (κ3) is 2.49. The summed E-state index contributed by atoms with van der Waals surface area (Å²) in [6, 6.07) is 0.581. The second kappa shape index (κ2) is 3.98. The van der Waals surface area contributed by atoms with Crippen LogP contribution in [-0.4, -0.2) is 9.55 Å². The van der Waals surface area contributed by atoms with E-state index in [2.05, 4.69) is 50.4 Å². The summed E-state index contributed by atoms with van der Waals surface area (Å²) in [6.45, 7) is 11.5. The topological polar surface area (TPSA) is 20.7 Å². The molecule has 0 saturated heterocycles. The minimum Gasteiger partial charge on any atom is -0.337 e. The molecule has 1 atom stereocenters. The molecule has 1 heterocycles. The molecule has 0 spiro atoms. The highest BCUT2D eigenvalue weighted by atomic mass is 32.1. The zero-order chi connectivity index (χ0) is 12.8. The van der Waals surface area contributed by atoms with Crippen molar-refractivity contribution in [3.8, 4) is 0 Å². The molecule has 96 valence electrons. The number of aromatic nitrogens is 2. The molecular formula is C14H24N2S. The summed E-state index contributed by atoms with van der Waals surface area (Å²) in [5.74, 6) is 0. The van der Waals surface area contributed by atoms with Crippen molar-refractivity contribution in [2.75, 3.05) is 0 Å². The highest BCUT2D eigenvalue weighted by molar-refractivity contribution is 7.71. The van der Waals surface area contributed by atoms with Crippen molar-refractivity contribution in [3.63, 3.8) is 0 Å². The molecule has 0 radical (unpaired) electrons. The van der Waals surface area contributed by atoms with E-state index in [9.17, 15) is 0 Å². The molecule has 0 aliphatic heterocycles. The van der Waals surface area contributed by atoms with Gasteiger partial charge in [-0.25, -0.2) is 0 Å². The van der Waals surface area contributed by atoms with Crippen LogP contribution in [0.2, 0.25) is 0 Å². The molecule has 1 unspecified atom stereocenters. The van der Waals surface area contributed by atoms with Crippen LogP contribution in [-0.2, 0) is 5.41 Å². The Kier molecular flexibility index (Phi) is 3.01. The Morgan fingerprint density at radius 2 is 2.06 bits per heavy atom. The number of aromatic amines is 1. The van der Waals surface area contributed by atoms with Gasteiger partial charge in [0.05, 0.1) is 0 Å². The van der Waals surface area contributed by atoms with E-state index in [0.717, 1.165) is 4.77 Å². The molecule has 3 heteroatoms. The molecule has 1 aromatic rings. The molecule has 2 rings (SSSR count). The molecule has 1 fully saturated rings. The second-order valence-corrected chi connectivity index (χ2v) is 7.55. The molecule has 1 N–H and O–H groups in total. The molecule has 1 saturated carbocycles. The number of imidazole rings is 1. The number of hydrogen-bond donors (Lipinski definition) is 1. The third-order valence-electron chi connectivity index (χ3n) is 3.89. The summed E-state index contributed by atoms with van der Waals surface area (Å²) < 4.78 is 3.25. The largest absolute Gasteiger partial charge is 0.337 e. The van der Waals surface area contributed by atoms with Crippen LogP contribution in [0.25, 0.3) is 0 Å². The lowest BCUT2D eigenvalue weighted by Crippen LogP contribution is -2.20. The van der Waals surface area contributed by atoms with E-state index in [1.807, 2.05) is 0 Å². The van der Waals surface area contributed by atoms with Crippen LogP contribution in [0.15, 0.2) is 6.20 Å². The molecule has 0 amide bonds. The van der Waals surface area contributed by atoms with E-state index in [1.165, 1.54) is 25.0 Å². The Morgan fingerprint density at radius 3 is 2.53 bits per heavy atom. The first-order valence-electron chi connectivity index (χ1n) is 6.51. The summed E-state index contributed by atoms with van der Waals surface area (Å²) >= 11 is 5.46. The maximum atomic E-state index is 5.46. The smallest absolute Gasteiger partial charge is 0.177 e. The van der Waals surface area contributed by atoms with Crippen molar-refractivity contribution in [2.45, 2.75) is 65.3 Å². The molecule has 1 aromatic heterocycles. The van der Waals surface area contributed by atoms with Gasteiger partial charge in [-0.15, -0.1) is 0 Å². The van der Waals surface area contributed by atoms with Crippen molar-refractivity contribution in [1.29, 1.82) is 0 Å². The number of nitrogens with zero attached hydrogens (tertiary/aromatic N) is 1. The minimum absolute atomic E-state index is 0.153. The van der Waals surface area contributed by atoms with E-state index >= 15 is 0 Å². The molecule has 17 heavy (non-hydrogen) atoms. The van der Waals surface area contributed by atoms with Crippen molar-refractivity contribution in [2.24, 2.45) is 5.41 Å². The fourth-order valence-electron chi connectivity index (χ4n) is 2.94. The van der Waals surface area contributed by atoms with Gasteiger partial charge in [-0.3, -0.25) is 0 Å². The molecule has 2 nitrogen and oxygen atoms in total. The van der Waals surface area contributed by atoms with E-state index in [4.69, 9.17) is 12.2 Å². The van der Waals surface area contributed by atoms with Crippen LogP contribution in [0, 0.1) is 10.2 Å². The van der Waals surface area contributed by atoms with Crippen LogP contribution in [0.4, 0.5) is 0 Å². The monoisotopic (exact) mass is 252 g/mol. The first-order chi connectivity index (χ1) is 7.71. The first kappa shape index (κ1) is 12.9. The van der Waals surface area contributed by atoms with Gasteiger partial charge in [0, 0.05) is 23.3 Å². The normalized spacial score (nSPS) is 24.2. The zero-order valence-corrected chi connectivity index (χ0v) is 12.4.